The molecular formula is C60H36BiCl4N3O2. The Morgan fingerprint density at radius 1 is 0.271 bits per heavy atom. The van der Waals surface area contributed by atoms with Crippen molar-refractivity contribution in [2.45, 2.75) is 0 Å². The second-order valence-electron chi connectivity index (χ2n) is 17.8. The number of fused-ring (bicyclic) bond motifs is 1. The summed E-state index contributed by atoms with van der Waals surface area (Å²) in [5, 5.41) is 0.483. The Hall–Kier alpha value is -6.76. The predicted octanol–water partition coefficient (Wildman–Crippen LogP) is 16.5. The van der Waals surface area contributed by atoms with Crippen LogP contribution in [0.3, 0.4) is 0 Å². The number of rotatable bonds is 6. The zero-order chi connectivity index (χ0) is 46.9. The fraction of sp³-hybridized carbons (Fsp3) is 0. The summed E-state index contributed by atoms with van der Waals surface area (Å²) in [5.74, 6) is 0.556. The van der Waals surface area contributed by atoms with Gasteiger partial charge in [0.1, 0.15) is 0 Å². The maximum atomic E-state index is 8.29. The first-order valence-corrected chi connectivity index (χ1v) is 32.5. The van der Waals surface area contributed by atoms with Crippen LogP contribution in [0.1, 0.15) is 0 Å². The van der Waals surface area contributed by atoms with E-state index in [1.807, 2.05) is 0 Å². The van der Waals surface area contributed by atoms with Crippen molar-refractivity contribution in [1.82, 2.24) is 0 Å². The molecule has 1 spiro atoms. The van der Waals surface area contributed by atoms with Gasteiger partial charge in [-0.25, -0.2) is 0 Å². The molecule has 4 heterocycles. The summed E-state index contributed by atoms with van der Waals surface area (Å²) >= 11 is 22.3. The molecule has 0 amide bonds. The van der Waals surface area contributed by atoms with E-state index in [9.17, 15) is 0 Å². The van der Waals surface area contributed by atoms with E-state index in [4.69, 9.17) is 52.0 Å². The SMILES string of the molecule is Clc1c(Cl)c(Cl)c2c(c1Cl)[O][Bi]13([O]2)[c]2c4cc(-c5ccccc5)cc2N(c2ccccc2)c2cc(-c5ccccc5)cc([c]21)N(c1ccccc1)c1cc(-c2ccccc2)cc([c]13)N4c1ccccc1. The summed E-state index contributed by atoms with van der Waals surface area (Å²) in [4.78, 5) is 7.21. The van der Waals surface area contributed by atoms with Crippen molar-refractivity contribution in [3.8, 4) is 44.9 Å². The van der Waals surface area contributed by atoms with Crippen molar-refractivity contribution in [2.24, 2.45) is 0 Å². The molecule has 10 aromatic rings. The van der Waals surface area contributed by atoms with Crippen LogP contribution in [0.15, 0.2) is 218 Å². The molecule has 4 aliphatic rings. The molecule has 336 valence electrons. The van der Waals surface area contributed by atoms with E-state index in [2.05, 4.69) is 233 Å². The predicted molar refractivity (Wildman–Crippen MR) is 293 cm³/mol. The Kier molecular flexibility index (Phi) is 9.41. The Morgan fingerprint density at radius 2 is 0.500 bits per heavy atom. The van der Waals surface area contributed by atoms with Crippen molar-refractivity contribution in [2.75, 3.05) is 14.7 Å². The number of hydrogen-bond donors (Lipinski definition) is 0. The third kappa shape index (κ3) is 5.71. The average Bonchev–Trinajstić information content (AvgIpc) is 3.77. The maximum absolute atomic E-state index is 8.29. The Bertz CT molecular complexity index is 3340. The van der Waals surface area contributed by atoms with Crippen molar-refractivity contribution in [3.05, 3.63) is 238 Å². The quantitative estimate of drug-likeness (QED) is 0.0940. The van der Waals surface area contributed by atoms with E-state index in [0.717, 1.165) is 94.4 Å². The van der Waals surface area contributed by atoms with Crippen LogP contribution < -0.4 is 30.1 Å². The van der Waals surface area contributed by atoms with Crippen LogP contribution in [0.5, 0.6) is 11.5 Å². The van der Waals surface area contributed by atoms with Crippen LogP contribution in [0.4, 0.5) is 51.2 Å². The molecule has 0 atom stereocenters. The van der Waals surface area contributed by atoms with Gasteiger partial charge in [-0.2, -0.15) is 0 Å². The fourth-order valence-electron chi connectivity index (χ4n) is 11.2. The van der Waals surface area contributed by atoms with E-state index in [1.165, 1.54) is 0 Å². The van der Waals surface area contributed by atoms with Crippen LogP contribution in [0, 0.1) is 0 Å². The molecule has 70 heavy (non-hydrogen) atoms. The number of hydrogen-bond acceptors (Lipinski definition) is 5. The Balaban J connectivity index is 1.27. The van der Waals surface area contributed by atoms with Crippen LogP contribution in [-0.2, 0) is 0 Å². The van der Waals surface area contributed by atoms with Gasteiger partial charge < -0.3 is 0 Å². The average molecular weight is 1180 g/mol. The number of anilines is 9. The first kappa shape index (κ1) is 42.1. The molecule has 0 saturated heterocycles. The molecule has 10 aromatic carbocycles. The summed E-state index contributed by atoms with van der Waals surface area (Å²) in [6.45, 7) is 0. The standard InChI is InChI=1S/C54H36N3.C6H2Cl4O2.Bi/c1-7-19-40(20-8-1)43-31-49-37-50(32-43)56(47-27-15-5-16-28-47)52-34-45(42-23-11-3-12-24-42)36-54(39-52)57(48-29-17-6-18-30-48)53-35-44(41-21-9-2-10-22-41)33-51(38-53)55(49)46-25-13-4-14-26-46;7-1-2(8)4(10)6(12)5(11)3(1)9;/h1-36H;11-12H;/q;;+2/p-2. The zero-order valence-electron chi connectivity index (χ0n) is 36.9. The molecule has 10 heteroatoms. The molecule has 0 aliphatic carbocycles. The van der Waals surface area contributed by atoms with Gasteiger partial charge in [-0.3, -0.25) is 0 Å². The van der Waals surface area contributed by atoms with Crippen LogP contribution in [0.25, 0.3) is 33.4 Å². The summed E-state index contributed by atoms with van der Waals surface area (Å²) in [6.07, 6.45) is 0. The van der Waals surface area contributed by atoms with Crippen molar-refractivity contribution in [3.63, 3.8) is 0 Å². The van der Waals surface area contributed by atoms with Gasteiger partial charge in [0.15, 0.2) is 0 Å². The molecule has 0 bridgehead atoms. The first-order chi connectivity index (χ1) is 34.3. The van der Waals surface area contributed by atoms with Crippen LogP contribution in [0.2, 0.25) is 20.1 Å². The molecule has 0 saturated carbocycles. The summed E-state index contributed by atoms with van der Waals surface area (Å²) in [7, 11) is 0. The van der Waals surface area contributed by atoms with E-state index in [-0.39, 0.29) is 31.6 Å². The molecule has 0 unspecified atom stereocenters. The third-order valence-electron chi connectivity index (χ3n) is 14.0. The summed E-state index contributed by atoms with van der Waals surface area (Å²) in [5.41, 5.74) is 14.6. The second-order valence-corrected chi connectivity index (χ2v) is 33.3. The molecule has 4 aliphatic heterocycles. The van der Waals surface area contributed by atoms with Gasteiger partial charge in [-0.15, -0.1) is 0 Å². The third-order valence-corrected chi connectivity index (χ3v) is 34.7. The summed E-state index contributed by atoms with van der Waals surface area (Å²) < 4.78 is 19.4. The normalized spacial score (nSPS) is 15.3. The minimum absolute atomic E-state index is 0.0992. The van der Waals surface area contributed by atoms with Gasteiger partial charge in [0.2, 0.25) is 0 Å². The van der Waals surface area contributed by atoms with Gasteiger partial charge in [0.05, 0.1) is 0 Å². The van der Waals surface area contributed by atoms with Gasteiger partial charge in [0, 0.05) is 0 Å². The van der Waals surface area contributed by atoms with Gasteiger partial charge >= 0.3 is 431 Å². The molecule has 0 aromatic heterocycles. The zero-order valence-corrected chi connectivity index (χ0v) is 43.4. The summed E-state index contributed by atoms with van der Waals surface area (Å²) in [6, 6.07) is 77.2. The van der Waals surface area contributed by atoms with Gasteiger partial charge in [0.25, 0.3) is 0 Å². The van der Waals surface area contributed by atoms with Gasteiger partial charge in [-0.1, -0.05) is 0 Å². The minimum atomic E-state index is -6.68. The molecule has 0 fully saturated rings. The van der Waals surface area contributed by atoms with Crippen LogP contribution in [-0.4, -0.2) is 19.7 Å². The fourth-order valence-corrected chi connectivity index (χ4v) is 35.0. The molecule has 14 rings (SSSR count). The monoisotopic (exact) mass is 1180 g/mol. The van der Waals surface area contributed by atoms with Crippen molar-refractivity contribution < 1.29 is 5.63 Å². The molecular weight excluding hydrogens is 1150 g/mol. The van der Waals surface area contributed by atoms with E-state index in [0.29, 0.717) is 0 Å². The first-order valence-electron chi connectivity index (χ1n) is 22.9. The van der Waals surface area contributed by atoms with Gasteiger partial charge in [-0.05, 0) is 0 Å². The van der Waals surface area contributed by atoms with E-state index < -0.39 is 19.7 Å². The van der Waals surface area contributed by atoms with E-state index >= 15 is 0 Å². The molecule has 5 nitrogen and oxygen atoms in total. The number of halogens is 4. The molecule has 0 N–H and O–H groups in total. The molecule has 0 radical (unpaired) electrons. The van der Waals surface area contributed by atoms with Crippen molar-refractivity contribution in [1.29, 1.82) is 0 Å². The number of para-hydroxylation sites is 3. The second kappa shape index (κ2) is 15.6. The Labute approximate surface area is 427 Å². The van der Waals surface area contributed by atoms with Crippen molar-refractivity contribution >= 4 is 127 Å². The van der Waals surface area contributed by atoms with Crippen LogP contribution >= 0.6 is 46.4 Å². The number of nitrogens with zero attached hydrogens (tertiary/aromatic N) is 3. The van der Waals surface area contributed by atoms with E-state index in [1.54, 1.807) is 0 Å². The Morgan fingerprint density at radius 3 is 0.743 bits per heavy atom. The number of benzene rings is 10. The topological polar surface area (TPSA) is 28.2 Å².